The van der Waals surface area contributed by atoms with Crippen molar-refractivity contribution in [2.45, 2.75) is 85.6 Å². The topological polar surface area (TPSA) is 76.2 Å². The van der Waals surface area contributed by atoms with Crippen LogP contribution in [-0.2, 0) is 25.7 Å². The van der Waals surface area contributed by atoms with Gasteiger partial charge in [0.2, 0.25) is 5.91 Å². The Bertz CT molecular complexity index is 771. The fourth-order valence-electron chi connectivity index (χ4n) is 3.40. The Kier molecular flexibility index (Phi) is 10.9. The molecule has 0 aliphatic rings. The van der Waals surface area contributed by atoms with Crippen molar-refractivity contribution in [1.29, 1.82) is 0 Å². The number of esters is 1. The Hall–Kier alpha value is -2.57. The number of carbonyl (C=O) groups is 3. The molecule has 0 radical (unpaired) electrons. The van der Waals surface area contributed by atoms with Crippen molar-refractivity contribution in [2.75, 3.05) is 14.1 Å². The Balaban J connectivity index is 3.07. The highest BCUT2D eigenvalue weighted by molar-refractivity contribution is 5.89. The molecule has 7 heteroatoms. The van der Waals surface area contributed by atoms with Crippen LogP contribution in [0.25, 0.3) is 0 Å². The van der Waals surface area contributed by atoms with Gasteiger partial charge in [0, 0.05) is 14.1 Å². The average Bonchev–Trinajstić information content (AvgIpc) is 2.71. The number of likely N-dealkylation sites (N-methyl/N-ethyl adjacent to an activating group) is 2. The highest BCUT2D eigenvalue weighted by Crippen LogP contribution is 2.20. The third-order valence-electron chi connectivity index (χ3n) is 5.13. The van der Waals surface area contributed by atoms with Crippen molar-refractivity contribution < 1.29 is 23.9 Å². The van der Waals surface area contributed by atoms with Crippen molar-refractivity contribution >= 4 is 18.0 Å². The van der Waals surface area contributed by atoms with E-state index in [1.54, 1.807) is 34.9 Å². The molecule has 1 rings (SSSR count). The van der Waals surface area contributed by atoms with Gasteiger partial charge >= 0.3 is 12.1 Å². The first kappa shape index (κ1) is 28.5. The number of nitrogens with zero attached hydrogens (tertiary/aromatic N) is 2. The first-order chi connectivity index (χ1) is 15.2. The molecule has 0 N–H and O–H groups in total. The van der Waals surface area contributed by atoms with Crippen LogP contribution in [0.3, 0.4) is 0 Å². The van der Waals surface area contributed by atoms with Gasteiger partial charge in [-0.3, -0.25) is 9.69 Å². The van der Waals surface area contributed by atoms with E-state index in [9.17, 15) is 14.4 Å². The lowest BCUT2D eigenvalue weighted by Gasteiger charge is -2.35. The summed E-state index contributed by atoms with van der Waals surface area (Å²) in [4.78, 5) is 42.0. The molecule has 0 unspecified atom stereocenters. The predicted molar refractivity (Wildman–Crippen MR) is 129 cm³/mol. The highest BCUT2D eigenvalue weighted by atomic mass is 16.6. The van der Waals surface area contributed by atoms with Gasteiger partial charge in [0.05, 0.1) is 0 Å². The minimum Gasteiger partial charge on any atom is -0.459 e. The van der Waals surface area contributed by atoms with Gasteiger partial charge in [0.25, 0.3) is 0 Å². The van der Waals surface area contributed by atoms with Crippen LogP contribution in [0, 0.1) is 11.8 Å². The molecule has 0 spiro atoms. The fourth-order valence-corrected chi connectivity index (χ4v) is 3.40. The molecule has 1 aromatic carbocycles. The van der Waals surface area contributed by atoms with Crippen LogP contribution in [0.2, 0.25) is 0 Å². The number of amides is 2. The monoisotopic (exact) mass is 462 g/mol. The zero-order valence-electron chi connectivity index (χ0n) is 21.8. The summed E-state index contributed by atoms with van der Waals surface area (Å²) in [6, 6.07) is 7.93. The van der Waals surface area contributed by atoms with Gasteiger partial charge in [-0.15, -0.1) is 0 Å². The normalized spacial score (nSPS) is 13.4. The number of carbonyl (C=O) groups excluding carboxylic acids is 3. The van der Waals surface area contributed by atoms with E-state index in [1.165, 1.54) is 9.80 Å². The molecule has 0 saturated carbocycles. The van der Waals surface area contributed by atoms with E-state index in [1.807, 2.05) is 58.0 Å². The summed E-state index contributed by atoms with van der Waals surface area (Å²) in [5, 5.41) is 0. The first-order valence-corrected chi connectivity index (χ1v) is 11.7. The maximum atomic E-state index is 13.6. The molecule has 33 heavy (non-hydrogen) atoms. The number of benzene rings is 1. The molecule has 0 fully saturated rings. The van der Waals surface area contributed by atoms with E-state index >= 15 is 0 Å². The number of ether oxygens (including phenoxy) is 2. The van der Waals surface area contributed by atoms with Crippen molar-refractivity contribution in [2.24, 2.45) is 11.8 Å². The second kappa shape index (κ2) is 12.6. The van der Waals surface area contributed by atoms with E-state index in [-0.39, 0.29) is 24.3 Å². The standard InChI is InChI=1S/C26H42N2O5/c1-18(2)15-21(28(9)25(31)33-26(5,6)7)23(29)27(8)22(16-19(3)4)24(30)32-17-20-13-11-10-12-14-20/h10-14,18-19,21-22H,15-17H2,1-9H3/t21-,22+/m1/s1. The molecule has 0 bridgehead atoms. The molecule has 0 aliphatic carbocycles. The van der Waals surface area contributed by atoms with E-state index in [0.29, 0.717) is 12.8 Å². The first-order valence-electron chi connectivity index (χ1n) is 11.7. The third kappa shape index (κ3) is 9.84. The minimum atomic E-state index is -0.749. The quantitative estimate of drug-likeness (QED) is 0.463. The van der Waals surface area contributed by atoms with Crippen molar-refractivity contribution in [3.8, 4) is 0 Å². The van der Waals surface area contributed by atoms with Gasteiger partial charge < -0.3 is 14.4 Å². The van der Waals surface area contributed by atoms with Crippen LogP contribution in [0.1, 0.15) is 66.9 Å². The van der Waals surface area contributed by atoms with E-state index in [4.69, 9.17) is 9.47 Å². The van der Waals surface area contributed by atoms with Crippen LogP contribution in [0.5, 0.6) is 0 Å². The van der Waals surface area contributed by atoms with Gasteiger partial charge in [-0.05, 0) is 51.0 Å². The SMILES string of the molecule is CC(C)C[C@H](C(=O)N(C)[C@@H](CC(C)C)C(=O)OCc1ccccc1)N(C)C(=O)OC(C)(C)C. The highest BCUT2D eigenvalue weighted by Gasteiger charge is 2.37. The molecule has 0 aromatic heterocycles. The third-order valence-corrected chi connectivity index (χ3v) is 5.13. The molecule has 0 aliphatic heterocycles. The van der Waals surface area contributed by atoms with E-state index < -0.39 is 29.7 Å². The predicted octanol–water partition coefficient (Wildman–Crippen LogP) is 4.88. The molecule has 0 saturated heterocycles. The Morgan fingerprint density at radius 2 is 1.36 bits per heavy atom. The summed E-state index contributed by atoms with van der Waals surface area (Å²) < 4.78 is 11.0. The van der Waals surface area contributed by atoms with Gasteiger partial charge in [-0.25, -0.2) is 9.59 Å². The van der Waals surface area contributed by atoms with Crippen molar-refractivity contribution in [3.63, 3.8) is 0 Å². The summed E-state index contributed by atoms with van der Waals surface area (Å²) in [6.45, 7) is 13.5. The fraction of sp³-hybridized carbons (Fsp3) is 0.654. The minimum absolute atomic E-state index is 0.142. The van der Waals surface area contributed by atoms with Crippen LogP contribution in [0.4, 0.5) is 4.79 Å². The molecular weight excluding hydrogens is 420 g/mol. The smallest absolute Gasteiger partial charge is 0.410 e. The number of rotatable bonds is 10. The molecule has 186 valence electrons. The van der Waals surface area contributed by atoms with Gasteiger partial charge in [0.15, 0.2) is 0 Å². The molecule has 2 amide bonds. The Morgan fingerprint density at radius 1 is 0.848 bits per heavy atom. The maximum Gasteiger partial charge on any atom is 0.410 e. The molecule has 0 heterocycles. The Labute approximate surface area is 199 Å². The molecule has 1 aromatic rings. The molecule has 7 nitrogen and oxygen atoms in total. The average molecular weight is 463 g/mol. The van der Waals surface area contributed by atoms with Crippen LogP contribution in [0.15, 0.2) is 30.3 Å². The van der Waals surface area contributed by atoms with Crippen LogP contribution < -0.4 is 0 Å². The maximum absolute atomic E-state index is 13.6. The zero-order chi connectivity index (χ0) is 25.3. The summed E-state index contributed by atoms with van der Waals surface area (Å²) in [7, 11) is 3.17. The van der Waals surface area contributed by atoms with Crippen molar-refractivity contribution in [1.82, 2.24) is 9.80 Å². The van der Waals surface area contributed by atoms with Crippen LogP contribution >= 0.6 is 0 Å². The van der Waals surface area contributed by atoms with E-state index in [2.05, 4.69) is 0 Å². The molecular formula is C26H42N2O5. The lowest BCUT2D eigenvalue weighted by Crippen LogP contribution is -2.54. The summed E-state index contributed by atoms with van der Waals surface area (Å²) >= 11 is 0. The zero-order valence-corrected chi connectivity index (χ0v) is 21.8. The Morgan fingerprint density at radius 3 is 1.85 bits per heavy atom. The summed E-state index contributed by atoms with van der Waals surface area (Å²) in [6.07, 6.45) is 0.342. The summed E-state index contributed by atoms with van der Waals surface area (Å²) in [5.41, 5.74) is 0.204. The van der Waals surface area contributed by atoms with Gasteiger partial charge in [-0.2, -0.15) is 0 Å². The lowest BCUT2D eigenvalue weighted by atomic mass is 9.98. The van der Waals surface area contributed by atoms with Crippen LogP contribution in [-0.4, -0.2) is 59.5 Å². The number of hydrogen-bond donors (Lipinski definition) is 0. The van der Waals surface area contributed by atoms with Gasteiger partial charge in [-0.1, -0.05) is 58.0 Å². The number of hydrogen-bond acceptors (Lipinski definition) is 5. The second-order valence-corrected chi connectivity index (χ2v) is 10.4. The lowest BCUT2D eigenvalue weighted by molar-refractivity contribution is -0.157. The van der Waals surface area contributed by atoms with Crippen molar-refractivity contribution in [3.05, 3.63) is 35.9 Å². The summed E-state index contributed by atoms with van der Waals surface area (Å²) in [5.74, 6) is -0.432. The largest absolute Gasteiger partial charge is 0.459 e. The second-order valence-electron chi connectivity index (χ2n) is 10.4. The van der Waals surface area contributed by atoms with Gasteiger partial charge in [0.1, 0.15) is 24.3 Å². The molecule has 2 atom stereocenters. The van der Waals surface area contributed by atoms with E-state index in [0.717, 1.165) is 5.56 Å².